The van der Waals surface area contributed by atoms with Gasteiger partial charge in [0.25, 0.3) is 6.71 Å². The molecule has 3 aromatic heterocycles. The summed E-state index contributed by atoms with van der Waals surface area (Å²) in [6.45, 7) is 3.71. The molecule has 15 rings (SSSR count). The monoisotopic (exact) mass is 939 g/mol. The zero-order chi connectivity index (χ0) is 51.4. The van der Waals surface area contributed by atoms with Gasteiger partial charge in [-0.15, -0.1) is 0 Å². The molecule has 0 N–H and O–H groups in total. The van der Waals surface area contributed by atoms with E-state index in [9.17, 15) is 9.37 Å². The average Bonchev–Trinajstić information content (AvgIpc) is 4.23. The van der Waals surface area contributed by atoms with Gasteiger partial charge in [0, 0.05) is 75.9 Å². The molecule has 13 aromatic rings. The zero-order valence-corrected chi connectivity index (χ0v) is 40.2. The summed E-state index contributed by atoms with van der Waals surface area (Å²) in [5.74, 6) is 0. The summed E-state index contributed by atoms with van der Waals surface area (Å²) in [6.07, 6.45) is 0. The van der Waals surface area contributed by atoms with Crippen molar-refractivity contribution in [1.82, 2.24) is 4.57 Å². The SMILES string of the molecule is [2H]C([2H])([2H])c1cc2c3c(c1)N(c1ccccc1)c1c(c4oc5ccccc5c4c4c1oc1ccccc14)B3c1ccc(-n3c4ccccc4c4cc(C#N)ccc43)cc1N2c1ccc(C(C)(C)C)cc1-c1ccccc1. The first kappa shape index (κ1) is 38.5. The Bertz CT molecular complexity index is 4660. The van der Waals surface area contributed by atoms with E-state index < -0.39 is 13.6 Å². The molecule has 0 amide bonds. The van der Waals surface area contributed by atoms with E-state index in [-0.39, 0.29) is 11.0 Å². The average molecular weight is 940 g/mol. The first-order valence-corrected chi connectivity index (χ1v) is 24.8. The van der Waals surface area contributed by atoms with Gasteiger partial charge in [0.15, 0.2) is 5.58 Å². The molecule has 344 valence electrons. The van der Waals surface area contributed by atoms with Crippen molar-refractivity contribution in [1.29, 1.82) is 5.26 Å². The number of aromatic nitrogens is 1. The summed E-state index contributed by atoms with van der Waals surface area (Å²) < 4.78 is 44.6. The van der Waals surface area contributed by atoms with Crippen LogP contribution in [-0.2, 0) is 5.41 Å². The summed E-state index contributed by atoms with van der Waals surface area (Å²) in [4.78, 5) is 4.55. The van der Waals surface area contributed by atoms with Crippen molar-refractivity contribution >= 4 is 123 Å². The van der Waals surface area contributed by atoms with Gasteiger partial charge < -0.3 is 23.2 Å². The molecule has 2 aliphatic rings. The zero-order valence-electron chi connectivity index (χ0n) is 43.2. The van der Waals surface area contributed by atoms with Crippen molar-refractivity contribution in [3.63, 3.8) is 0 Å². The lowest BCUT2D eigenvalue weighted by Crippen LogP contribution is -2.61. The second-order valence-electron chi connectivity index (χ2n) is 20.5. The van der Waals surface area contributed by atoms with E-state index in [0.29, 0.717) is 11.1 Å². The van der Waals surface area contributed by atoms with E-state index in [0.717, 1.165) is 127 Å². The number of fused-ring (bicyclic) bond motifs is 16. The smallest absolute Gasteiger partial charge is 0.257 e. The molecule has 0 spiro atoms. The van der Waals surface area contributed by atoms with Crippen molar-refractivity contribution in [2.75, 3.05) is 9.80 Å². The highest BCUT2D eigenvalue weighted by Crippen LogP contribution is 2.52. The number of hydrogen-bond donors (Lipinski definition) is 0. The normalized spacial score (nSPS) is 13.9. The van der Waals surface area contributed by atoms with E-state index in [1.165, 1.54) is 5.56 Å². The summed E-state index contributed by atoms with van der Waals surface area (Å²) in [5.41, 5.74) is 17.5. The van der Waals surface area contributed by atoms with Crippen molar-refractivity contribution < 1.29 is 12.9 Å². The molecule has 5 heterocycles. The fraction of sp³-hybridized carbons (Fsp3) is 0.0758. The summed E-state index contributed by atoms with van der Waals surface area (Å²) >= 11 is 0. The van der Waals surface area contributed by atoms with Gasteiger partial charge in [0.2, 0.25) is 0 Å². The molecule has 6 nitrogen and oxygen atoms in total. The maximum Gasteiger partial charge on any atom is 0.257 e. The van der Waals surface area contributed by atoms with E-state index in [4.69, 9.17) is 8.83 Å². The molecule has 0 aliphatic carbocycles. The highest BCUT2D eigenvalue weighted by molar-refractivity contribution is 7.02. The molecule has 0 saturated heterocycles. The van der Waals surface area contributed by atoms with Gasteiger partial charge in [-0.1, -0.05) is 136 Å². The minimum atomic E-state index is -2.50. The van der Waals surface area contributed by atoms with Gasteiger partial charge in [-0.05, 0) is 125 Å². The van der Waals surface area contributed by atoms with E-state index in [1.54, 1.807) is 0 Å². The fourth-order valence-corrected chi connectivity index (χ4v) is 12.2. The van der Waals surface area contributed by atoms with E-state index in [1.807, 2.05) is 91.0 Å². The molecule has 0 atom stereocenters. The molecule has 0 bridgehead atoms. The Morgan fingerprint density at radius 1 is 0.521 bits per heavy atom. The van der Waals surface area contributed by atoms with Crippen molar-refractivity contribution in [2.24, 2.45) is 0 Å². The van der Waals surface area contributed by atoms with Crippen LogP contribution in [0.25, 0.3) is 82.5 Å². The first-order chi connectivity index (χ1) is 36.9. The Morgan fingerprint density at radius 2 is 1.16 bits per heavy atom. The highest BCUT2D eigenvalue weighted by atomic mass is 16.3. The third-order valence-electron chi connectivity index (χ3n) is 15.4. The number of hydrogen-bond acceptors (Lipinski definition) is 5. The number of aryl methyl sites for hydroxylation is 1. The van der Waals surface area contributed by atoms with Crippen LogP contribution < -0.4 is 26.2 Å². The van der Waals surface area contributed by atoms with Crippen LogP contribution in [0.2, 0.25) is 0 Å². The number of nitriles is 1. The number of nitrogens with zero attached hydrogens (tertiary/aromatic N) is 4. The maximum absolute atomic E-state index is 10.1. The molecule has 7 heteroatoms. The van der Waals surface area contributed by atoms with Crippen molar-refractivity contribution in [3.05, 3.63) is 217 Å². The minimum absolute atomic E-state index is 0.178. The Kier molecular flexibility index (Phi) is 7.98. The molecule has 73 heavy (non-hydrogen) atoms. The van der Waals surface area contributed by atoms with Crippen LogP contribution in [0.5, 0.6) is 0 Å². The lowest BCUT2D eigenvalue weighted by atomic mass is 9.33. The van der Waals surface area contributed by atoms with Crippen LogP contribution in [0.4, 0.5) is 34.1 Å². The molecular formula is C66H45BN4O2. The topological polar surface area (TPSA) is 61.5 Å². The molecule has 0 fully saturated rings. The van der Waals surface area contributed by atoms with Crippen molar-refractivity contribution in [3.8, 4) is 22.9 Å². The van der Waals surface area contributed by atoms with Gasteiger partial charge in [0.1, 0.15) is 16.7 Å². The van der Waals surface area contributed by atoms with Gasteiger partial charge in [-0.25, -0.2) is 0 Å². The van der Waals surface area contributed by atoms with Gasteiger partial charge >= 0.3 is 0 Å². The number of para-hydroxylation sites is 4. The molecule has 10 aromatic carbocycles. The Hall–Kier alpha value is -9.25. The van der Waals surface area contributed by atoms with Crippen LogP contribution in [0.3, 0.4) is 0 Å². The predicted octanol–water partition coefficient (Wildman–Crippen LogP) is 15.8. The molecule has 0 saturated carbocycles. The molecule has 2 aliphatic heterocycles. The maximum atomic E-state index is 10.1. The Morgan fingerprint density at radius 3 is 1.89 bits per heavy atom. The summed E-state index contributed by atoms with van der Waals surface area (Å²) in [5, 5.41) is 16.0. The number of benzene rings is 10. The number of anilines is 6. The Balaban J connectivity index is 1.14. The molecule has 0 radical (unpaired) electrons. The van der Waals surface area contributed by atoms with Crippen LogP contribution in [-0.4, -0.2) is 11.3 Å². The van der Waals surface area contributed by atoms with Gasteiger partial charge in [-0.3, -0.25) is 0 Å². The first-order valence-electron chi connectivity index (χ1n) is 26.3. The van der Waals surface area contributed by atoms with Crippen LogP contribution in [0.1, 0.15) is 41.6 Å². The quantitative estimate of drug-likeness (QED) is 0.165. The number of furan rings is 2. The second kappa shape index (κ2) is 15.1. The van der Waals surface area contributed by atoms with Crippen LogP contribution >= 0.6 is 0 Å². The summed E-state index contributed by atoms with van der Waals surface area (Å²) in [7, 11) is 0. The van der Waals surface area contributed by atoms with Gasteiger partial charge in [0.05, 0.1) is 34.0 Å². The van der Waals surface area contributed by atoms with E-state index >= 15 is 0 Å². The number of rotatable bonds is 4. The minimum Gasteiger partial charge on any atom is -0.456 e. The highest BCUT2D eigenvalue weighted by Gasteiger charge is 2.47. The largest absolute Gasteiger partial charge is 0.456 e. The second-order valence-corrected chi connectivity index (χ2v) is 20.5. The third kappa shape index (κ3) is 5.86. The third-order valence-corrected chi connectivity index (χ3v) is 15.4. The summed E-state index contributed by atoms with van der Waals surface area (Å²) in [6, 6.07) is 71.1. The Labute approximate surface area is 426 Å². The standard InChI is InChI=1S/C66H45BN4O2/c1-39-33-55-61-56(34-39)71(52-32-28-42(66(2,3)4)36-48(52)41-17-7-5-8-18-41)54-37-44(69-51-24-14-11-21-45(51)49-35-40(38-68)27-31-53(49)69)29-30-50(54)67(61)62-63(70(55)43-19-9-6-10-20-43)65-60(47-23-13-16-26-58(47)73-65)59-46-22-12-15-25-57(46)72-64(59)62/h5-37H,1-4H3/i1D3. The molecular weight excluding hydrogens is 892 g/mol. The van der Waals surface area contributed by atoms with Gasteiger partial charge in [-0.2, -0.15) is 5.26 Å². The lowest BCUT2D eigenvalue weighted by Gasteiger charge is -2.44. The van der Waals surface area contributed by atoms with Crippen LogP contribution in [0, 0.1) is 18.2 Å². The lowest BCUT2D eigenvalue weighted by molar-refractivity contribution is 0.590. The molecule has 0 unspecified atom stereocenters. The predicted molar refractivity (Wildman–Crippen MR) is 303 cm³/mol. The van der Waals surface area contributed by atoms with E-state index in [2.05, 4.69) is 150 Å². The van der Waals surface area contributed by atoms with Crippen molar-refractivity contribution in [2.45, 2.75) is 33.0 Å². The van der Waals surface area contributed by atoms with Crippen LogP contribution in [0.15, 0.2) is 209 Å². The fourth-order valence-electron chi connectivity index (χ4n) is 12.2.